The molecule has 0 fully saturated rings. The molecular weight excluding hydrogens is 326 g/mol. The number of methoxy groups -OCH3 is 1. The molecule has 0 spiro atoms. The van der Waals surface area contributed by atoms with Gasteiger partial charge >= 0.3 is 5.69 Å². The first-order valence-corrected chi connectivity index (χ1v) is 7.11. The lowest BCUT2D eigenvalue weighted by Crippen LogP contribution is -2.29. The zero-order valence-electron chi connectivity index (χ0n) is 10.4. The highest BCUT2D eigenvalue weighted by molar-refractivity contribution is 7.92. The molecule has 0 saturated carbocycles. The molecule has 0 radical (unpaired) electrons. The fourth-order valence-electron chi connectivity index (χ4n) is 1.32. The smallest absolute Gasteiger partial charge is 0.325 e. The van der Waals surface area contributed by atoms with Gasteiger partial charge in [0.1, 0.15) is 5.15 Å². The molecule has 12 heteroatoms. The number of hydrogen-bond donors (Lipinski definition) is 3. The number of hydrogen-bond acceptors (Lipinski definition) is 7. The highest BCUT2D eigenvalue weighted by atomic mass is 35.5. The number of rotatable bonds is 4. The third kappa shape index (κ3) is 3.38. The molecule has 2 rings (SSSR count). The van der Waals surface area contributed by atoms with Gasteiger partial charge in [0.2, 0.25) is 11.8 Å². The largest absolute Gasteiger partial charge is 0.481 e. The third-order valence-corrected chi connectivity index (χ3v) is 3.71. The monoisotopic (exact) mass is 333 g/mol. The van der Waals surface area contributed by atoms with E-state index in [-0.39, 0.29) is 17.0 Å². The Labute approximate surface area is 122 Å². The lowest BCUT2D eigenvalue weighted by molar-refractivity contribution is 0.397. The molecule has 0 unspecified atom stereocenters. The second-order valence-corrected chi connectivity index (χ2v) is 5.64. The van der Waals surface area contributed by atoms with Crippen LogP contribution >= 0.6 is 11.6 Å². The van der Waals surface area contributed by atoms with Crippen molar-refractivity contribution in [2.24, 2.45) is 0 Å². The summed E-state index contributed by atoms with van der Waals surface area (Å²) in [7, 11) is -3.00. The molecular formula is C9H8ClN5O5S. The Balaban J connectivity index is 2.44. The Morgan fingerprint density at radius 3 is 2.67 bits per heavy atom. The molecule has 2 aromatic heterocycles. The summed E-state index contributed by atoms with van der Waals surface area (Å²) in [5.74, 6) is -0.354. The Morgan fingerprint density at radius 1 is 1.33 bits per heavy atom. The quantitative estimate of drug-likeness (QED) is 0.628. The van der Waals surface area contributed by atoms with Crippen molar-refractivity contribution in [3.63, 3.8) is 0 Å². The summed E-state index contributed by atoms with van der Waals surface area (Å²) >= 11 is 5.67. The van der Waals surface area contributed by atoms with Gasteiger partial charge in [-0.2, -0.15) is 4.98 Å². The van der Waals surface area contributed by atoms with Crippen LogP contribution in [0.5, 0.6) is 5.88 Å². The molecule has 0 atom stereocenters. The average molecular weight is 334 g/mol. The Morgan fingerprint density at radius 2 is 2.05 bits per heavy atom. The fourth-order valence-corrected chi connectivity index (χ4v) is 2.44. The number of anilines is 1. The number of H-pyrrole nitrogens is 2. The SMILES string of the molecule is COc1cc(Cl)nc(NS(=O)(=O)c2c[nH]c(=O)[nH]c2=O)n1. The molecule has 0 bridgehead atoms. The van der Waals surface area contributed by atoms with E-state index < -0.39 is 26.2 Å². The second kappa shape index (κ2) is 5.54. The van der Waals surface area contributed by atoms with Crippen molar-refractivity contribution < 1.29 is 13.2 Å². The van der Waals surface area contributed by atoms with Crippen LogP contribution in [0, 0.1) is 0 Å². The fraction of sp³-hybridized carbons (Fsp3) is 0.111. The molecule has 0 amide bonds. The maximum atomic E-state index is 12.0. The van der Waals surface area contributed by atoms with Crippen molar-refractivity contribution in [1.82, 2.24) is 19.9 Å². The van der Waals surface area contributed by atoms with Crippen molar-refractivity contribution in [3.05, 3.63) is 38.3 Å². The molecule has 10 nitrogen and oxygen atoms in total. The van der Waals surface area contributed by atoms with Gasteiger partial charge in [0.05, 0.1) is 7.11 Å². The molecule has 0 saturated heterocycles. The van der Waals surface area contributed by atoms with Gasteiger partial charge in [-0.25, -0.2) is 22.9 Å². The van der Waals surface area contributed by atoms with E-state index in [2.05, 4.69) is 9.97 Å². The number of nitrogens with one attached hydrogen (secondary N) is 3. The summed E-state index contributed by atoms with van der Waals surface area (Å²) in [5.41, 5.74) is -1.92. The van der Waals surface area contributed by atoms with Crippen LogP contribution in [0.15, 0.2) is 26.7 Å². The molecule has 0 aliphatic rings. The van der Waals surface area contributed by atoms with Crippen molar-refractivity contribution >= 4 is 27.6 Å². The van der Waals surface area contributed by atoms with Gasteiger partial charge in [-0.3, -0.25) is 9.78 Å². The van der Waals surface area contributed by atoms with Crippen LogP contribution in [0.3, 0.4) is 0 Å². The summed E-state index contributed by atoms with van der Waals surface area (Å²) < 4.78 is 30.8. The van der Waals surface area contributed by atoms with Gasteiger partial charge in [0.15, 0.2) is 4.90 Å². The van der Waals surface area contributed by atoms with E-state index in [0.717, 1.165) is 6.20 Å². The second-order valence-electron chi connectivity index (χ2n) is 3.60. The van der Waals surface area contributed by atoms with Crippen molar-refractivity contribution in [3.8, 4) is 5.88 Å². The lowest BCUT2D eigenvalue weighted by atomic mass is 10.6. The summed E-state index contributed by atoms with van der Waals surface area (Å²) in [4.78, 5) is 32.8. The lowest BCUT2D eigenvalue weighted by Gasteiger charge is -2.07. The first kappa shape index (κ1) is 15.0. The van der Waals surface area contributed by atoms with Crippen LogP contribution in [0.25, 0.3) is 0 Å². The number of halogens is 1. The minimum atomic E-state index is -4.31. The van der Waals surface area contributed by atoms with Crippen molar-refractivity contribution in [2.45, 2.75) is 4.90 Å². The van der Waals surface area contributed by atoms with E-state index in [1.807, 2.05) is 9.71 Å². The topological polar surface area (TPSA) is 147 Å². The van der Waals surface area contributed by atoms with Crippen molar-refractivity contribution in [1.29, 1.82) is 0 Å². The van der Waals surface area contributed by atoms with E-state index in [0.29, 0.717) is 0 Å². The van der Waals surface area contributed by atoms with Crippen LogP contribution in [0.2, 0.25) is 5.15 Å². The van der Waals surface area contributed by atoms with Gasteiger partial charge in [-0.15, -0.1) is 0 Å². The molecule has 0 aliphatic heterocycles. The van der Waals surface area contributed by atoms with Gasteiger partial charge < -0.3 is 9.72 Å². The highest BCUT2D eigenvalue weighted by Gasteiger charge is 2.20. The van der Waals surface area contributed by atoms with Crippen LogP contribution in [0.1, 0.15) is 0 Å². The van der Waals surface area contributed by atoms with Crippen LogP contribution in [-0.2, 0) is 10.0 Å². The van der Waals surface area contributed by atoms with Crippen LogP contribution < -0.4 is 20.7 Å². The Bertz CT molecular complexity index is 890. The summed E-state index contributed by atoms with van der Waals surface area (Å²) in [5, 5.41) is -0.0603. The Hall–Kier alpha value is -2.40. The third-order valence-electron chi connectivity index (χ3n) is 2.18. The normalized spacial score (nSPS) is 11.1. The average Bonchev–Trinajstić information content (AvgIpc) is 2.36. The predicted molar refractivity (Wildman–Crippen MR) is 72.1 cm³/mol. The van der Waals surface area contributed by atoms with E-state index in [1.54, 1.807) is 4.98 Å². The Kier molecular flexibility index (Phi) is 3.95. The molecule has 2 aromatic rings. The van der Waals surface area contributed by atoms with Crippen molar-refractivity contribution in [2.75, 3.05) is 11.8 Å². The molecule has 0 aromatic carbocycles. The number of aromatic nitrogens is 4. The summed E-state index contributed by atoms with van der Waals surface area (Å²) in [6.45, 7) is 0. The van der Waals surface area contributed by atoms with Gasteiger partial charge in [-0.1, -0.05) is 11.6 Å². The standard InChI is InChI=1S/C9H8ClN5O5S/c1-20-6-2-5(10)12-8(13-6)15-21(18,19)4-3-11-9(17)14-7(4)16/h2-3H,1H3,(H,12,13,15)(H2,11,14,16,17). The summed E-state index contributed by atoms with van der Waals surface area (Å²) in [6.07, 6.45) is 0.755. The molecule has 21 heavy (non-hydrogen) atoms. The zero-order chi connectivity index (χ0) is 15.6. The maximum Gasteiger partial charge on any atom is 0.325 e. The van der Waals surface area contributed by atoms with Crippen LogP contribution in [0.4, 0.5) is 5.95 Å². The molecule has 0 aliphatic carbocycles. The maximum absolute atomic E-state index is 12.0. The predicted octanol–water partition coefficient (Wildman–Crippen LogP) is -0.684. The number of nitrogens with zero attached hydrogens (tertiary/aromatic N) is 2. The molecule has 2 heterocycles. The van der Waals surface area contributed by atoms with Gasteiger partial charge in [0.25, 0.3) is 15.6 Å². The number of aromatic amines is 2. The van der Waals surface area contributed by atoms with E-state index >= 15 is 0 Å². The molecule has 3 N–H and O–H groups in total. The van der Waals surface area contributed by atoms with Gasteiger partial charge in [0, 0.05) is 12.3 Å². The number of sulfonamides is 1. The van der Waals surface area contributed by atoms with E-state index in [1.165, 1.54) is 13.2 Å². The minimum Gasteiger partial charge on any atom is -0.481 e. The minimum absolute atomic E-state index is 0.0306. The number of ether oxygens (including phenoxy) is 1. The van der Waals surface area contributed by atoms with E-state index in [9.17, 15) is 18.0 Å². The molecule has 112 valence electrons. The first-order valence-electron chi connectivity index (χ1n) is 5.25. The zero-order valence-corrected chi connectivity index (χ0v) is 11.9. The van der Waals surface area contributed by atoms with Gasteiger partial charge in [-0.05, 0) is 0 Å². The van der Waals surface area contributed by atoms with Crippen LogP contribution in [-0.4, -0.2) is 35.5 Å². The first-order chi connectivity index (χ1) is 9.81. The van der Waals surface area contributed by atoms with E-state index in [4.69, 9.17) is 16.3 Å². The summed E-state index contributed by atoms with van der Waals surface area (Å²) in [6, 6.07) is 1.27. The highest BCUT2D eigenvalue weighted by Crippen LogP contribution is 2.17.